The minimum absolute atomic E-state index is 0.136. The summed E-state index contributed by atoms with van der Waals surface area (Å²) in [4.78, 5) is 27.8. The predicted molar refractivity (Wildman–Crippen MR) is 107 cm³/mol. The summed E-state index contributed by atoms with van der Waals surface area (Å²) in [5, 5.41) is 8.78. The molecule has 136 valence electrons. The van der Waals surface area contributed by atoms with Crippen LogP contribution >= 0.6 is 0 Å². The van der Waals surface area contributed by atoms with E-state index in [4.69, 9.17) is 0 Å². The fourth-order valence-electron chi connectivity index (χ4n) is 2.52. The molecule has 3 rings (SSSR count). The fourth-order valence-corrected chi connectivity index (χ4v) is 2.52. The lowest BCUT2D eigenvalue weighted by Gasteiger charge is -2.10. The molecular formula is C21H20N4O2. The van der Waals surface area contributed by atoms with E-state index in [-0.39, 0.29) is 11.8 Å². The first-order valence-corrected chi connectivity index (χ1v) is 8.47. The number of amides is 2. The molecule has 0 aliphatic heterocycles. The smallest absolute Gasteiger partial charge is 0.257 e. The van der Waals surface area contributed by atoms with Gasteiger partial charge >= 0.3 is 0 Å². The zero-order valence-electron chi connectivity index (χ0n) is 15.1. The van der Waals surface area contributed by atoms with Crippen LogP contribution in [-0.4, -0.2) is 16.8 Å². The van der Waals surface area contributed by atoms with Crippen molar-refractivity contribution in [3.05, 3.63) is 78.1 Å². The molecule has 0 bridgehead atoms. The molecule has 0 unspecified atom stereocenters. The van der Waals surface area contributed by atoms with E-state index >= 15 is 0 Å². The van der Waals surface area contributed by atoms with Gasteiger partial charge in [-0.15, -0.1) is 0 Å². The summed E-state index contributed by atoms with van der Waals surface area (Å²) in [5.41, 5.74) is 4.44. The third-order valence-corrected chi connectivity index (χ3v) is 3.78. The van der Waals surface area contributed by atoms with Crippen molar-refractivity contribution < 1.29 is 9.59 Å². The standard InChI is InChI=1S/C21H20N4O2/c1-14-6-8-17(9-7-14)25-21(27)16-10-20(13-22-12-16)24-19-5-3-4-18(11-19)23-15(2)26/h3-13,24H,1-2H3,(H,23,26)(H,25,27). The SMILES string of the molecule is CC(=O)Nc1cccc(Nc2cncc(C(=O)Nc3ccc(C)cc3)c2)c1. The Hall–Kier alpha value is -3.67. The van der Waals surface area contributed by atoms with Crippen molar-refractivity contribution in [2.75, 3.05) is 16.0 Å². The van der Waals surface area contributed by atoms with Gasteiger partial charge in [0.2, 0.25) is 5.91 Å². The summed E-state index contributed by atoms with van der Waals surface area (Å²) in [6, 6.07) is 16.6. The minimum Gasteiger partial charge on any atom is -0.354 e. The quantitative estimate of drug-likeness (QED) is 0.632. The molecule has 0 radical (unpaired) electrons. The van der Waals surface area contributed by atoms with E-state index < -0.39 is 0 Å². The van der Waals surface area contributed by atoms with E-state index in [2.05, 4.69) is 20.9 Å². The second kappa shape index (κ2) is 8.14. The van der Waals surface area contributed by atoms with Gasteiger partial charge in [-0.3, -0.25) is 14.6 Å². The van der Waals surface area contributed by atoms with Crippen molar-refractivity contribution in [2.45, 2.75) is 13.8 Å². The van der Waals surface area contributed by atoms with Gasteiger partial charge in [-0.1, -0.05) is 23.8 Å². The van der Waals surface area contributed by atoms with Crippen LogP contribution in [0.25, 0.3) is 0 Å². The highest BCUT2D eigenvalue weighted by Gasteiger charge is 2.08. The topological polar surface area (TPSA) is 83.1 Å². The van der Waals surface area contributed by atoms with Crippen molar-refractivity contribution in [3.63, 3.8) is 0 Å². The van der Waals surface area contributed by atoms with Gasteiger partial charge in [0, 0.05) is 30.2 Å². The number of nitrogens with zero attached hydrogens (tertiary/aromatic N) is 1. The Bertz CT molecular complexity index is 968. The number of benzene rings is 2. The molecule has 0 atom stereocenters. The normalized spacial score (nSPS) is 10.1. The van der Waals surface area contributed by atoms with Crippen LogP contribution in [0.2, 0.25) is 0 Å². The van der Waals surface area contributed by atoms with Gasteiger partial charge in [-0.05, 0) is 43.3 Å². The summed E-state index contributed by atoms with van der Waals surface area (Å²) in [5.74, 6) is -0.370. The van der Waals surface area contributed by atoms with Crippen LogP contribution < -0.4 is 16.0 Å². The molecule has 1 aromatic heterocycles. The van der Waals surface area contributed by atoms with E-state index in [1.54, 1.807) is 24.4 Å². The van der Waals surface area contributed by atoms with Gasteiger partial charge < -0.3 is 16.0 Å². The Morgan fingerprint density at radius 1 is 0.815 bits per heavy atom. The third-order valence-electron chi connectivity index (χ3n) is 3.78. The van der Waals surface area contributed by atoms with E-state index in [0.29, 0.717) is 16.9 Å². The highest BCUT2D eigenvalue weighted by Crippen LogP contribution is 2.21. The van der Waals surface area contributed by atoms with Gasteiger partial charge in [-0.2, -0.15) is 0 Å². The Kier molecular flexibility index (Phi) is 5.47. The number of anilines is 4. The number of carbonyl (C=O) groups is 2. The Labute approximate surface area is 157 Å². The number of hydrogen-bond acceptors (Lipinski definition) is 4. The number of aromatic nitrogens is 1. The van der Waals surface area contributed by atoms with Crippen molar-refractivity contribution in [1.82, 2.24) is 4.98 Å². The van der Waals surface area contributed by atoms with Crippen LogP contribution in [0.15, 0.2) is 67.0 Å². The number of pyridine rings is 1. The second-order valence-corrected chi connectivity index (χ2v) is 6.17. The number of nitrogens with one attached hydrogen (secondary N) is 3. The molecule has 0 saturated carbocycles. The highest BCUT2D eigenvalue weighted by molar-refractivity contribution is 6.04. The molecule has 0 aliphatic rings. The average molecular weight is 360 g/mol. The maximum Gasteiger partial charge on any atom is 0.257 e. The largest absolute Gasteiger partial charge is 0.354 e. The molecule has 2 aromatic carbocycles. The molecule has 6 heteroatoms. The molecule has 2 amide bonds. The van der Waals surface area contributed by atoms with Crippen molar-refractivity contribution >= 4 is 34.6 Å². The maximum absolute atomic E-state index is 12.5. The summed E-state index contributed by atoms with van der Waals surface area (Å²) in [6.45, 7) is 3.45. The van der Waals surface area contributed by atoms with Crippen LogP contribution in [-0.2, 0) is 4.79 Å². The Morgan fingerprint density at radius 2 is 1.56 bits per heavy atom. The van der Waals surface area contributed by atoms with E-state index in [1.165, 1.54) is 13.1 Å². The lowest BCUT2D eigenvalue weighted by atomic mass is 10.2. The van der Waals surface area contributed by atoms with Crippen LogP contribution in [0.4, 0.5) is 22.7 Å². The highest BCUT2D eigenvalue weighted by atomic mass is 16.2. The Balaban J connectivity index is 1.72. The van der Waals surface area contributed by atoms with Gasteiger partial charge in [0.15, 0.2) is 0 Å². The number of carbonyl (C=O) groups excluding carboxylic acids is 2. The van der Waals surface area contributed by atoms with Crippen LogP contribution in [0.5, 0.6) is 0 Å². The van der Waals surface area contributed by atoms with Crippen molar-refractivity contribution in [3.8, 4) is 0 Å². The number of hydrogen-bond donors (Lipinski definition) is 3. The van der Waals surface area contributed by atoms with Gasteiger partial charge in [0.05, 0.1) is 17.4 Å². The van der Waals surface area contributed by atoms with Crippen LogP contribution in [0, 0.1) is 6.92 Å². The molecular weight excluding hydrogens is 340 g/mol. The van der Waals surface area contributed by atoms with E-state index in [9.17, 15) is 9.59 Å². The molecule has 3 aromatic rings. The predicted octanol–water partition coefficient (Wildman–Crippen LogP) is 4.34. The molecule has 6 nitrogen and oxygen atoms in total. The lowest BCUT2D eigenvalue weighted by Crippen LogP contribution is -2.12. The third kappa shape index (κ3) is 5.15. The van der Waals surface area contributed by atoms with Gasteiger partial charge in [0.1, 0.15) is 0 Å². The zero-order chi connectivity index (χ0) is 19.2. The first kappa shape index (κ1) is 18.1. The summed E-state index contributed by atoms with van der Waals surface area (Å²) >= 11 is 0. The molecule has 0 spiro atoms. The van der Waals surface area contributed by atoms with E-state index in [1.807, 2.05) is 43.3 Å². The lowest BCUT2D eigenvalue weighted by molar-refractivity contribution is -0.114. The molecule has 3 N–H and O–H groups in total. The van der Waals surface area contributed by atoms with Crippen molar-refractivity contribution in [1.29, 1.82) is 0 Å². The molecule has 0 aliphatic carbocycles. The number of aryl methyl sites for hydroxylation is 1. The fraction of sp³-hybridized carbons (Fsp3) is 0.0952. The van der Waals surface area contributed by atoms with E-state index in [0.717, 1.165) is 16.9 Å². The molecule has 0 fully saturated rings. The summed E-state index contributed by atoms with van der Waals surface area (Å²) in [7, 11) is 0. The van der Waals surface area contributed by atoms with Crippen molar-refractivity contribution in [2.24, 2.45) is 0 Å². The second-order valence-electron chi connectivity index (χ2n) is 6.17. The zero-order valence-corrected chi connectivity index (χ0v) is 15.1. The van der Waals surface area contributed by atoms with Gasteiger partial charge in [-0.25, -0.2) is 0 Å². The van der Waals surface area contributed by atoms with Gasteiger partial charge in [0.25, 0.3) is 5.91 Å². The van der Waals surface area contributed by atoms with Crippen LogP contribution in [0.3, 0.4) is 0 Å². The monoisotopic (exact) mass is 360 g/mol. The van der Waals surface area contributed by atoms with Crippen LogP contribution in [0.1, 0.15) is 22.8 Å². The molecule has 0 saturated heterocycles. The minimum atomic E-state index is -0.234. The summed E-state index contributed by atoms with van der Waals surface area (Å²) < 4.78 is 0. The maximum atomic E-state index is 12.5. The molecule has 1 heterocycles. The average Bonchev–Trinajstić information content (AvgIpc) is 2.63. The molecule has 27 heavy (non-hydrogen) atoms. The Morgan fingerprint density at radius 3 is 2.30 bits per heavy atom. The summed E-state index contributed by atoms with van der Waals surface area (Å²) in [6.07, 6.45) is 3.15. The number of rotatable bonds is 5. The first-order chi connectivity index (χ1) is 13.0. The first-order valence-electron chi connectivity index (χ1n) is 8.47.